The molecule has 0 unspecified atom stereocenters. The Morgan fingerprint density at radius 1 is 1.31 bits per heavy atom. The number of nitrogens with zero attached hydrogens (tertiary/aromatic N) is 2. The molecule has 0 atom stereocenters. The lowest BCUT2D eigenvalue weighted by Gasteiger charge is -1.99. The lowest BCUT2D eigenvalue weighted by atomic mass is 10.1. The Kier molecular flexibility index (Phi) is 3.37. The van der Waals surface area contributed by atoms with E-state index in [9.17, 15) is 0 Å². The highest BCUT2D eigenvalue weighted by Crippen LogP contribution is 2.17. The predicted molar refractivity (Wildman–Crippen MR) is 65.2 cm³/mol. The van der Waals surface area contributed by atoms with Gasteiger partial charge in [0.25, 0.3) is 0 Å². The third kappa shape index (κ3) is 2.49. The molecular weight excluding hydrogens is 224 g/mol. The Morgan fingerprint density at radius 3 is 3.00 bits per heavy atom. The normalized spacial score (nSPS) is 11.1. The van der Waals surface area contributed by atoms with Crippen molar-refractivity contribution in [1.82, 2.24) is 10.2 Å². The SMILES string of the molecule is CCO/C=C/c1ccc2nnc(Cl)cc2c1. The van der Waals surface area contributed by atoms with E-state index in [1.807, 2.05) is 31.2 Å². The first-order valence-electron chi connectivity index (χ1n) is 5.01. The second-order valence-corrected chi connectivity index (χ2v) is 3.63. The second kappa shape index (κ2) is 4.94. The molecule has 16 heavy (non-hydrogen) atoms. The van der Waals surface area contributed by atoms with Crippen molar-refractivity contribution in [2.45, 2.75) is 6.92 Å². The fourth-order valence-corrected chi connectivity index (χ4v) is 1.52. The van der Waals surface area contributed by atoms with Crippen molar-refractivity contribution in [3.63, 3.8) is 0 Å². The number of ether oxygens (including phenoxy) is 1. The van der Waals surface area contributed by atoms with Crippen molar-refractivity contribution in [3.05, 3.63) is 41.2 Å². The van der Waals surface area contributed by atoms with Crippen LogP contribution in [0.3, 0.4) is 0 Å². The number of hydrogen-bond acceptors (Lipinski definition) is 3. The van der Waals surface area contributed by atoms with E-state index in [1.54, 1.807) is 12.3 Å². The second-order valence-electron chi connectivity index (χ2n) is 3.24. The summed E-state index contributed by atoms with van der Waals surface area (Å²) in [5.41, 5.74) is 1.88. The van der Waals surface area contributed by atoms with Crippen molar-refractivity contribution >= 4 is 28.6 Å². The molecule has 2 aromatic rings. The molecule has 3 nitrogen and oxygen atoms in total. The largest absolute Gasteiger partial charge is 0.501 e. The van der Waals surface area contributed by atoms with Crippen LogP contribution in [0.2, 0.25) is 5.15 Å². The van der Waals surface area contributed by atoms with Crippen LogP contribution in [-0.4, -0.2) is 16.8 Å². The topological polar surface area (TPSA) is 35.0 Å². The summed E-state index contributed by atoms with van der Waals surface area (Å²) in [7, 11) is 0. The molecule has 1 heterocycles. The van der Waals surface area contributed by atoms with Gasteiger partial charge in [0.1, 0.15) is 0 Å². The van der Waals surface area contributed by atoms with Gasteiger partial charge in [-0.2, -0.15) is 0 Å². The maximum Gasteiger partial charge on any atom is 0.152 e. The van der Waals surface area contributed by atoms with Crippen LogP contribution >= 0.6 is 11.6 Å². The molecule has 0 saturated heterocycles. The highest BCUT2D eigenvalue weighted by molar-refractivity contribution is 6.29. The molecule has 0 aliphatic carbocycles. The van der Waals surface area contributed by atoms with E-state index in [2.05, 4.69) is 10.2 Å². The lowest BCUT2D eigenvalue weighted by Crippen LogP contribution is -1.85. The van der Waals surface area contributed by atoms with Gasteiger partial charge in [-0.05, 0) is 36.8 Å². The van der Waals surface area contributed by atoms with E-state index in [1.165, 1.54) is 0 Å². The van der Waals surface area contributed by atoms with Gasteiger partial charge in [-0.25, -0.2) is 0 Å². The fourth-order valence-electron chi connectivity index (χ4n) is 1.37. The van der Waals surface area contributed by atoms with E-state index < -0.39 is 0 Å². The molecule has 1 aromatic carbocycles. The lowest BCUT2D eigenvalue weighted by molar-refractivity contribution is 0.272. The van der Waals surface area contributed by atoms with E-state index in [4.69, 9.17) is 16.3 Å². The monoisotopic (exact) mass is 234 g/mol. The summed E-state index contributed by atoms with van der Waals surface area (Å²) in [5.74, 6) is 0. The number of hydrogen-bond donors (Lipinski definition) is 0. The van der Waals surface area contributed by atoms with Gasteiger partial charge < -0.3 is 4.74 Å². The summed E-state index contributed by atoms with van der Waals surface area (Å²) in [6.45, 7) is 2.61. The molecule has 1 aromatic heterocycles. The highest BCUT2D eigenvalue weighted by Gasteiger charge is 1.98. The Balaban J connectivity index is 2.35. The van der Waals surface area contributed by atoms with E-state index in [0.717, 1.165) is 16.5 Å². The van der Waals surface area contributed by atoms with Crippen LogP contribution in [0.15, 0.2) is 30.5 Å². The van der Waals surface area contributed by atoms with Gasteiger partial charge in [-0.1, -0.05) is 17.7 Å². The van der Waals surface area contributed by atoms with Crippen LogP contribution in [-0.2, 0) is 4.74 Å². The van der Waals surface area contributed by atoms with Crippen LogP contribution in [0.4, 0.5) is 0 Å². The summed E-state index contributed by atoms with van der Waals surface area (Å²) < 4.78 is 5.14. The van der Waals surface area contributed by atoms with Gasteiger partial charge in [0.05, 0.1) is 18.4 Å². The molecule has 0 bridgehead atoms. The summed E-state index contributed by atoms with van der Waals surface area (Å²) >= 11 is 5.78. The first kappa shape index (κ1) is 10.9. The first-order valence-corrected chi connectivity index (χ1v) is 5.38. The van der Waals surface area contributed by atoms with Crippen LogP contribution in [0.5, 0.6) is 0 Å². The zero-order chi connectivity index (χ0) is 11.4. The summed E-state index contributed by atoms with van der Waals surface area (Å²) in [4.78, 5) is 0. The van der Waals surface area contributed by atoms with Gasteiger partial charge in [-0.15, -0.1) is 10.2 Å². The average molecular weight is 235 g/mol. The minimum Gasteiger partial charge on any atom is -0.501 e. The molecule has 0 aliphatic heterocycles. The van der Waals surface area contributed by atoms with Crippen molar-refractivity contribution < 1.29 is 4.74 Å². The third-order valence-electron chi connectivity index (χ3n) is 2.10. The van der Waals surface area contributed by atoms with E-state index in [0.29, 0.717) is 11.8 Å². The van der Waals surface area contributed by atoms with Crippen molar-refractivity contribution in [2.24, 2.45) is 0 Å². The van der Waals surface area contributed by atoms with E-state index >= 15 is 0 Å². The molecule has 4 heteroatoms. The fraction of sp³-hybridized carbons (Fsp3) is 0.167. The van der Waals surface area contributed by atoms with Crippen molar-refractivity contribution in [1.29, 1.82) is 0 Å². The maximum atomic E-state index is 5.78. The molecule has 0 saturated carbocycles. The van der Waals surface area contributed by atoms with E-state index in [-0.39, 0.29) is 0 Å². The zero-order valence-corrected chi connectivity index (χ0v) is 9.61. The van der Waals surface area contributed by atoms with Gasteiger partial charge in [-0.3, -0.25) is 0 Å². The standard InChI is InChI=1S/C12H11ClN2O/c1-2-16-6-5-9-3-4-11-10(7-9)8-12(13)15-14-11/h3-8H,2H2,1H3/b6-5+. The number of rotatable bonds is 3. The average Bonchev–Trinajstić information content (AvgIpc) is 2.29. The van der Waals surface area contributed by atoms with Gasteiger partial charge in [0.15, 0.2) is 5.15 Å². The Bertz CT molecular complexity index is 525. The molecule has 0 aliphatic rings. The van der Waals surface area contributed by atoms with Gasteiger partial charge in [0.2, 0.25) is 0 Å². The minimum atomic E-state index is 0.401. The molecule has 0 N–H and O–H groups in total. The first-order chi connectivity index (χ1) is 7.79. The number of halogens is 1. The molecule has 82 valence electrons. The molecular formula is C12H11ClN2O. The third-order valence-corrected chi connectivity index (χ3v) is 2.29. The van der Waals surface area contributed by atoms with Crippen LogP contribution in [0, 0.1) is 0 Å². The quantitative estimate of drug-likeness (QED) is 0.765. The number of fused-ring (bicyclic) bond motifs is 1. The smallest absolute Gasteiger partial charge is 0.152 e. The van der Waals surface area contributed by atoms with Crippen molar-refractivity contribution in [2.75, 3.05) is 6.61 Å². The molecule has 0 spiro atoms. The summed E-state index contributed by atoms with van der Waals surface area (Å²) in [6, 6.07) is 7.65. The highest BCUT2D eigenvalue weighted by atomic mass is 35.5. The Hall–Kier alpha value is -1.61. The molecule has 0 fully saturated rings. The summed E-state index contributed by atoms with van der Waals surface area (Å²) in [6.07, 6.45) is 3.58. The van der Waals surface area contributed by atoms with Crippen LogP contribution in [0.25, 0.3) is 17.0 Å². The zero-order valence-electron chi connectivity index (χ0n) is 8.85. The number of aromatic nitrogens is 2. The molecule has 0 amide bonds. The molecule has 2 rings (SSSR count). The van der Waals surface area contributed by atoms with Crippen molar-refractivity contribution in [3.8, 4) is 0 Å². The number of benzene rings is 1. The van der Waals surface area contributed by atoms with Gasteiger partial charge in [0, 0.05) is 5.39 Å². The van der Waals surface area contributed by atoms with Crippen LogP contribution < -0.4 is 0 Å². The molecule has 0 radical (unpaired) electrons. The predicted octanol–water partition coefficient (Wildman–Crippen LogP) is 3.29. The minimum absolute atomic E-state index is 0.401. The van der Waals surface area contributed by atoms with Gasteiger partial charge >= 0.3 is 0 Å². The Labute approximate surface area is 98.7 Å². The summed E-state index contributed by atoms with van der Waals surface area (Å²) in [5, 5.41) is 9.14. The maximum absolute atomic E-state index is 5.78. The Morgan fingerprint density at radius 2 is 2.19 bits per heavy atom. The van der Waals surface area contributed by atoms with Crippen LogP contribution in [0.1, 0.15) is 12.5 Å².